The van der Waals surface area contributed by atoms with Gasteiger partial charge in [-0.15, -0.1) is 0 Å². The highest BCUT2D eigenvalue weighted by atomic mass is 16.5. The van der Waals surface area contributed by atoms with Crippen molar-refractivity contribution in [3.05, 3.63) is 95.1 Å². The van der Waals surface area contributed by atoms with Gasteiger partial charge >= 0.3 is 0 Å². The molecular formula is C24H25N5O2. The number of para-hydroxylation sites is 1. The number of ether oxygens (including phenoxy) is 1. The summed E-state index contributed by atoms with van der Waals surface area (Å²) >= 11 is 0. The molecule has 0 spiro atoms. The lowest BCUT2D eigenvalue weighted by Gasteiger charge is -2.09. The summed E-state index contributed by atoms with van der Waals surface area (Å²) in [6.07, 6.45) is 1.73. The third kappa shape index (κ3) is 5.01. The average Bonchev–Trinajstić information content (AvgIpc) is 3.34. The molecular weight excluding hydrogens is 390 g/mol. The third-order valence-electron chi connectivity index (χ3n) is 4.94. The molecule has 0 saturated heterocycles. The zero-order valence-corrected chi connectivity index (χ0v) is 17.9. The number of carbonyl (C=O) groups is 1. The molecule has 7 nitrogen and oxygen atoms in total. The van der Waals surface area contributed by atoms with Gasteiger partial charge in [0, 0.05) is 17.6 Å². The van der Waals surface area contributed by atoms with E-state index >= 15 is 0 Å². The molecule has 0 saturated carbocycles. The summed E-state index contributed by atoms with van der Waals surface area (Å²) in [5, 5.41) is 11.7. The first-order valence-corrected chi connectivity index (χ1v) is 10.1. The van der Waals surface area contributed by atoms with Crippen molar-refractivity contribution in [1.29, 1.82) is 0 Å². The predicted molar refractivity (Wildman–Crippen MR) is 119 cm³/mol. The van der Waals surface area contributed by atoms with Crippen LogP contribution in [0.5, 0.6) is 5.75 Å². The van der Waals surface area contributed by atoms with Crippen molar-refractivity contribution in [3.63, 3.8) is 0 Å². The molecule has 1 amide bonds. The molecule has 2 aromatic carbocycles. The first-order chi connectivity index (χ1) is 15.0. The van der Waals surface area contributed by atoms with E-state index in [-0.39, 0.29) is 12.6 Å². The molecule has 0 fully saturated rings. The number of hydrogen-bond donors (Lipinski definition) is 1. The van der Waals surface area contributed by atoms with Crippen LogP contribution in [0.4, 0.5) is 5.69 Å². The van der Waals surface area contributed by atoms with E-state index in [1.54, 1.807) is 16.9 Å². The molecule has 0 atom stereocenters. The molecule has 4 aromatic rings. The zero-order valence-electron chi connectivity index (χ0n) is 17.9. The molecule has 0 unspecified atom stereocenters. The fourth-order valence-corrected chi connectivity index (χ4v) is 3.36. The van der Waals surface area contributed by atoms with Gasteiger partial charge in [0.15, 0.2) is 12.4 Å². The Hall–Kier alpha value is -3.87. The number of aryl methyl sites for hydroxylation is 3. The van der Waals surface area contributed by atoms with Gasteiger partial charge in [0.05, 0.1) is 12.2 Å². The summed E-state index contributed by atoms with van der Waals surface area (Å²) in [6, 6.07) is 19.3. The number of nitrogens with zero attached hydrogens (tertiary/aromatic N) is 4. The Morgan fingerprint density at radius 1 is 1.00 bits per heavy atom. The van der Waals surface area contributed by atoms with Crippen LogP contribution in [0.1, 0.15) is 33.0 Å². The molecule has 158 valence electrons. The number of carbonyl (C=O) groups excluding carboxylic acids is 1. The van der Waals surface area contributed by atoms with Crippen molar-refractivity contribution in [1.82, 2.24) is 19.6 Å². The normalized spacial score (nSPS) is 10.8. The van der Waals surface area contributed by atoms with E-state index in [1.165, 1.54) is 0 Å². The quantitative estimate of drug-likeness (QED) is 0.487. The predicted octanol–water partition coefficient (Wildman–Crippen LogP) is 4.34. The zero-order chi connectivity index (χ0) is 21.8. The van der Waals surface area contributed by atoms with Crippen LogP contribution < -0.4 is 10.1 Å². The lowest BCUT2D eigenvalue weighted by atomic mass is 10.2. The number of aromatic nitrogens is 4. The highest BCUT2D eigenvalue weighted by Gasteiger charge is 2.11. The van der Waals surface area contributed by atoms with E-state index in [1.807, 2.05) is 80.1 Å². The van der Waals surface area contributed by atoms with E-state index in [0.717, 1.165) is 34.0 Å². The second-order valence-corrected chi connectivity index (χ2v) is 7.52. The molecule has 2 aromatic heterocycles. The minimum atomic E-state index is -0.266. The summed E-state index contributed by atoms with van der Waals surface area (Å²) in [5.41, 5.74) is 5.25. The van der Waals surface area contributed by atoms with Gasteiger partial charge < -0.3 is 10.1 Å². The second-order valence-electron chi connectivity index (χ2n) is 7.52. The van der Waals surface area contributed by atoms with Gasteiger partial charge in [0.25, 0.3) is 5.91 Å². The molecule has 0 radical (unpaired) electrons. The minimum absolute atomic E-state index is 0.232. The smallest absolute Gasteiger partial charge is 0.276 e. The van der Waals surface area contributed by atoms with Gasteiger partial charge in [-0.2, -0.15) is 10.2 Å². The third-order valence-corrected chi connectivity index (χ3v) is 4.94. The summed E-state index contributed by atoms with van der Waals surface area (Å²) in [4.78, 5) is 12.6. The Balaban J connectivity index is 1.38. The fourth-order valence-electron chi connectivity index (χ4n) is 3.36. The van der Waals surface area contributed by atoms with Crippen molar-refractivity contribution >= 4 is 11.6 Å². The number of anilines is 1. The number of benzene rings is 2. The van der Waals surface area contributed by atoms with Gasteiger partial charge in [-0.1, -0.05) is 30.3 Å². The van der Waals surface area contributed by atoms with Gasteiger partial charge in [0.1, 0.15) is 5.75 Å². The molecule has 0 aliphatic carbocycles. The van der Waals surface area contributed by atoms with Crippen LogP contribution in [0, 0.1) is 20.8 Å². The number of rotatable bonds is 7. The Bertz CT molecular complexity index is 1210. The molecule has 1 N–H and O–H groups in total. The van der Waals surface area contributed by atoms with Crippen LogP contribution in [0.25, 0.3) is 0 Å². The SMILES string of the molecule is Cc1cc(C)n(Cc2cccc(NC(=O)c3ccn(COc4ccccc4C)n3)c2)n1. The molecule has 0 aliphatic rings. The van der Waals surface area contributed by atoms with Crippen LogP contribution in [0.15, 0.2) is 66.9 Å². The van der Waals surface area contributed by atoms with Gasteiger partial charge in [-0.3, -0.25) is 9.48 Å². The molecule has 31 heavy (non-hydrogen) atoms. The van der Waals surface area contributed by atoms with E-state index in [9.17, 15) is 4.79 Å². The molecule has 0 bridgehead atoms. The summed E-state index contributed by atoms with van der Waals surface area (Å²) in [5.74, 6) is 0.529. The highest BCUT2D eigenvalue weighted by molar-refractivity contribution is 6.02. The number of nitrogens with one attached hydrogen (secondary N) is 1. The second kappa shape index (κ2) is 8.87. The van der Waals surface area contributed by atoms with E-state index < -0.39 is 0 Å². The number of hydrogen-bond acceptors (Lipinski definition) is 4. The van der Waals surface area contributed by atoms with E-state index in [4.69, 9.17) is 4.74 Å². The van der Waals surface area contributed by atoms with Gasteiger partial charge in [-0.25, -0.2) is 4.68 Å². The molecule has 4 rings (SSSR count). The maximum absolute atomic E-state index is 12.6. The van der Waals surface area contributed by atoms with Crippen molar-refractivity contribution in [2.75, 3.05) is 5.32 Å². The Morgan fingerprint density at radius 3 is 2.61 bits per heavy atom. The standard InChI is InChI=1S/C24H25N5O2/c1-17-7-4-5-10-23(17)31-16-28-12-11-22(27-28)24(30)25-21-9-6-8-20(14-21)15-29-19(3)13-18(2)26-29/h4-14H,15-16H2,1-3H3,(H,25,30). The maximum Gasteiger partial charge on any atom is 0.276 e. The lowest BCUT2D eigenvalue weighted by molar-refractivity contribution is 0.102. The summed E-state index contributed by atoms with van der Waals surface area (Å²) < 4.78 is 9.33. The van der Waals surface area contributed by atoms with Crippen LogP contribution >= 0.6 is 0 Å². The maximum atomic E-state index is 12.6. The van der Waals surface area contributed by atoms with Crippen molar-refractivity contribution in [3.8, 4) is 5.75 Å². The van der Waals surface area contributed by atoms with Crippen molar-refractivity contribution < 1.29 is 9.53 Å². The van der Waals surface area contributed by atoms with Gasteiger partial charge in [0.2, 0.25) is 0 Å². The lowest BCUT2D eigenvalue weighted by Crippen LogP contribution is -2.14. The first-order valence-electron chi connectivity index (χ1n) is 10.1. The molecule has 7 heteroatoms. The molecule has 0 aliphatic heterocycles. The Kier molecular flexibility index (Phi) is 5.84. The van der Waals surface area contributed by atoms with E-state index in [0.29, 0.717) is 12.2 Å². The van der Waals surface area contributed by atoms with Crippen LogP contribution in [-0.4, -0.2) is 25.5 Å². The summed E-state index contributed by atoms with van der Waals surface area (Å²) in [6.45, 7) is 6.88. The summed E-state index contributed by atoms with van der Waals surface area (Å²) in [7, 11) is 0. The van der Waals surface area contributed by atoms with E-state index in [2.05, 4.69) is 15.5 Å². The first kappa shape index (κ1) is 20.4. The van der Waals surface area contributed by atoms with Crippen LogP contribution in [0.2, 0.25) is 0 Å². The van der Waals surface area contributed by atoms with Gasteiger partial charge in [-0.05, 0) is 62.2 Å². The highest BCUT2D eigenvalue weighted by Crippen LogP contribution is 2.17. The van der Waals surface area contributed by atoms with Crippen molar-refractivity contribution in [2.24, 2.45) is 0 Å². The van der Waals surface area contributed by atoms with Crippen molar-refractivity contribution in [2.45, 2.75) is 34.0 Å². The fraction of sp³-hybridized carbons (Fsp3) is 0.208. The monoisotopic (exact) mass is 415 g/mol. The molecule has 2 heterocycles. The largest absolute Gasteiger partial charge is 0.471 e. The topological polar surface area (TPSA) is 74.0 Å². The average molecular weight is 415 g/mol. The Labute approximate surface area is 181 Å². The minimum Gasteiger partial charge on any atom is -0.471 e. The van der Waals surface area contributed by atoms with Crippen LogP contribution in [0.3, 0.4) is 0 Å². The Morgan fingerprint density at radius 2 is 1.84 bits per heavy atom. The van der Waals surface area contributed by atoms with Crippen LogP contribution in [-0.2, 0) is 13.3 Å². The number of amides is 1.